The van der Waals surface area contributed by atoms with Gasteiger partial charge < -0.3 is 9.15 Å². The number of ether oxygens (including phenoxy) is 1. The van der Waals surface area contributed by atoms with Gasteiger partial charge in [-0.25, -0.2) is 18.3 Å². The van der Waals surface area contributed by atoms with Crippen LogP contribution in [0.3, 0.4) is 0 Å². The Hall–Kier alpha value is -3.89. The molecule has 10 heteroatoms. The highest BCUT2D eigenvalue weighted by Gasteiger charge is 2.26. The summed E-state index contributed by atoms with van der Waals surface area (Å²) >= 11 is 0. The molecule has 0 fully saturated rings. The molecule has 4 aromatic rings. The maximum Gasteiger partial charge on any atom is 0.279 e. The van der Waals surface area contributed by atoms with E-state index in [-0.39, 0.29) is 16.9 Å². The molecular formula is C25H23FN2O6S. The number of carbonyl (C=O) groups excluding carboxylic acids is 1. The number of halogens is 1. The van der Waals surface area contributed by atoms with Gasteiger partial charge in [0.05, 0.1) is 31.7 Å². The number of nitrogens with one attached hydrogen (secondary N) is 1. The molecule has 182 valence electrons. The van der Waals surface area contributed by atoms with Crippen molar-refractivity contribution >= 4 is 32.6 Å². The molecule has 1 heterocycles. The van der Waals surface area contributed by atoms with E-state index in [9.17, 15) is 17.6 Å². The predicted molar refractivity (Wildman–Crippen MR) is 131 cm³/mol. The zero-order chi connectivity index (χ0) is 25.3. The highest BCUT2D eigenvalue weighted by Crippen LogP contribution is 2.41. The molecular weight excluding hydrogens is 475 g/mol. The van der Waals surface area contributed by atoms with Gasteiger partial charge in [0.1, 0.15) is 22.9 Å². The van der Waals surface area contributed by atoms with Crippen LogP contribution in [0.5, 0.6) is 5.75 Å². The molecule has 1 aromatic heterocycles. The SMILES string of the molecule is CONC(=O)c1c(-c2ccc(F)cc2)oc2cc(N(C)S(C)(=O)=O)c(-c3ccc(OC)cc3)cc12. The average Bonchev–Trinajstić information content (AvgIpc) is 3.21. The molecule has 3 aromatic carbocycles. The maximum atomic E-state index is 13.5. The zero-order valence-corrected chi connectivity index (χ0v) is 20.3. The molecule has 0 saturated heterocycles. The van der Waals surface area contributed by atoms with Gasteiger partial charge in [-0.3, -0.25) is 13.9 Å². The van der Waals surface area contributed by atoms with Crippen LogP contribution in [-0.2, 0) is 14.9 Å². The summed E-state index contributed by atoms with van der Waals surface area (Å²) in [5, 5.41) is 0.426. The first-order chi connectivity index (χ1) is 16.6. The van der Waals surface area contributed by atoms with E-state index in [2.05, 4.69) is 5.48 Å². The molecule has 0 atom stereocenters. The van der Waals surface area contributed by atoms with E-state index in [1.807, 2.05) is 0 Å². The van der Waals surface area contributed by atoms with Crippen LogP contribution >= 0.6 is 0 Å². The van der Waals surface area contributed by atoms with Crippen molar-refractivity contribution in [3.05, 3.63) is 72.0 Å². The first kappa shape index (κ1) is 24.2. The molecule has 1 amide bonds. The molecule has 0 unspecified atom stereocenters. The van der Waals surface area contributed by atoms with E-state index in [1.165, 1.54) is 38.4 Å². The van der Waals surface area contributed by atoms with Gasteiger partial charge in [0.15, 0.2) is 0 Å². The molecule has 35 heavy (non-hydrogen) atoms. The first-order valence-corrected chi connectivity index (χ1v) is 12.3. The van der Waals surface area contributed by atoms with Gasteiger partial charge in [0, 0.05) is 29.6 Å². The van der Waals surface area contributed by atoms with Gasteiger partial charge >= 0.3 is 0 Å². The summed E-state index contributed by atoms with van der Waals surface area (Å²) in [5.74, 6) is -0.189. The molecule has 4 rings (SSSR count). The highest BCUT2D eigenvalue weighted by atomic mass is 32.2. The number of furan rings is 1. The number of hydrogen-bond acceptors (Lipinski definition) is 6. The zero-order valence-electron chi connectivity index (χ0n) is 19.5. The predicted octanol–water partition coefficient (Wildman–Crippen LogP) is 4.60. The molecule has 0 radical (unpaired) electrons. The Bertz CT molecular complexity index is 1500. The topological polar surface area (TPSA) is 98.1 Å². The summed E-state index contributed by atoms with van der Waals surface area (Å²) in [6.45, 7) is 0. The van der Waals surface area contributed by atoms with Crippen molar-refractivity contribution in [2.75, 3.05) is 31.8 Å². The third kappa shape index (κ3) is 4.71. The number of amides is 1. The van der Waals surface area contributed by atoms with Crippen LogP contribution in [0.25, 0.3) is 33.4 Å². The number of hydroxylamine groups is 1. The van der Waals surface area contributed by atoms with Gasteiger partial charge in [-0.2, -0.15) is 0 Å². The summed E-state index contributed by atoms with van der Waals surface area (Å²) in [5.41, 5.74) is 4.80. The van der Waals surface area contributed by atoms with Crippen molar-refractivity contribution in [1.82, 2.24) is 5.48 Å². The molecule has 0 saturated carbocycles. The summed E-state index contributed by atoms with van der Waals surface area (Å²) in [7, 11) is 0.663. The average molecular weight is 499 g/mol. The van der Waals surface area contributed by atoms with Gasteiger partial charge in [-0.05, 0) is 48.0 Å². The Kier molecular flexibility index (Phi) is 6.51. The van der Waals surface area contributed by atoms with Crippen LogP contribution in [0.15, 0.2) is 65.1 Å². The molecule has 0 aliphatic heterocycles. The minimum absolute atomic E-state index is 0.164. The Morgan fingerprint density at radius 1 is 1.00 bits per heavy atom. The van der Waals surface area contributed by atoms with Gasteiger partial charge in [-0.15, -0.1) is 0 Å². The molecule has 0 aliphatic rings. The fourth-order valence-corrected chi connectivity index (χ4v) is 4.26. The lowest BCUT2D eigenvalue weighted by Gasteiger charge is -2.21. The molecule has 0 aliphatic carbocycles. The Balaban J connectivity index is 2.05. The maximum absolute atomic E-state index is 13.5. The van der Waals surface area contributed by atoms with E-state index in [4.69, 9.17) is 14.0 Å². The van der Waals surface area contributed by atoms with E-state index in [0.29, 0.717) is 33.5 Å². The molecule has 1 N–H and O–H groups in total. The van der Waals surface area contributed by atoms with Crippen molar-refractivity contribution in [2.24, 2.45) is 0 Å². The Morgan fingerprint density at radius 2 is 1.63 bits per heavy atom. The standard InChI is InChI=1S/C25H23FN2O6S/c1-28(35(4,30)31)21-14-22-20(13-19(21)15-7-11-18(32-2)12-8-15)23(25(29)27-33-3)24(34-22)16-5-9-17(26)10-6-16/h5-14H,1-4H3,(H,27,29). The second-order valence-corrected chi connectivity index (χ2v) is 9.79. The minimum Gasteiger partial charge on any atom is -0.497 e. The van der Waals surface area contributed by atoms with E-state index >= 15 is 0 Å². The quantitative estimate of drug-likeness (QED) is 0.374. The Labute approximate surface area is 201 Å². The lowest BCUT2D eigenvalue weighted by Crippen LogP contribution is -2.25. The van der Waals surface area contributed by atoms with Crippen molar-refractivity contribution in [1.29, 1.82) is 0 Å². The third-order valence-electron chi connectivity index (χ3n) is 5.57. The number of methoxy groups -OCH3 is 1. The van der Waals surface area contributed by atoms with E-state index in [0.717, 1.165) is 10.6 Å². The van der Waals surface area contributed by atoms with Crippen molar-refractivity contribution in [3.8, 4) is 28.2 Å². The molecule has 8 nitrogen and oxygen atoms in total. The van der Waals surface area contributed by atoms with Gasteiger partial charge in [-0.1, -0.05) is 12.1 Å². The molecule has 0 spiro atoms. The highest BCUT2D eigenvalue weighted by molar-refractivity contribution is 7.92. The number of hydrogen-bond donors (Lipinski definition) is 1. The first-order valence-electron chi connectivity index (χ1n) is 10.4. The van der Waals surface area contributed by atoms with Crippen LogP contribution in [-0.4, -0.2) is 41.8 Å². The lowest BCUT2D eigenvalue weighted by molar-refractivity contribution is 0.0539. The number of benzene rings is 3. The monoisotopic (exact) mass is 498 g/mol. The minimum atomic E-state index is -3.63. The van der Waals surface area contributed by atoms with Gasteiger partial charge in [0.25, 0.3) is 5.91 Å². The van der Waals surface area contributed by atoms with Crippen LogP contribution in [0.2, 0.25) is 0 Å². The number of nitrogens with zero attached hydrogens (tertiary/aromatic N) is 1. The van der Waals surface area contributed by atoms with Crippen molar-refractivity contribution in [2.45, 2.75) is 0 Å². The van der Waals surface area contributed by atoms with E-state index < -0.39 is 21.7 Å². The summed E-state index contributed by atoms with van der Waals surface area (Å²) in [6.07, 6.45) is 1.10. The summed E-state index contributed by atoms with van der Waals surface area (Å²) < 4.78 is 50.8. The lowest BCUT2D eigenvalue weighted by atomic mass is 9.98. The van der Waals surface area contributed by atoms with Crippen molar-refractivity contribution in [3.63, 3.8) is 0 Å². The second kappa shape index (κ2) is 9.40. The number of anilines is 1. The summed E-state index contributed by atoms with van der Waals surface area (Å²) in [4.78, 5) is 17.8. The van der Waals surface area contributed by atoms with Crippen LogP contribution in [0, 0.1) is 5.82 Å². The number of fused-ring (bicyclic) bond motifs is 1. The smallest absolute Gasteiger partial charge is 0.279 e. The third-order valence-corrected chi connectivity index (χ3v) is 6.76. The number of rotatable bonds is 7. The normalized spacial score (nSPS) is 11.5. The van der Waals surface area contributed by atoms with Crippen LogP contribution in [0.4, 0.5) is 10.1 Å². The second-order valence-electron chi connectivity index (χ2n) is 7.77. The van der Waals surface area contributed by atoms with Gasteiger partial charge in [0.2, 0.25) is 10.0 Å². The fourth-order valence-electron chi connectivity index (χ4n) is 3.75. The number of carbonyl (C=O) groups is 1. The van der Waals surface area contributed by atoms with Crippen molar-refractivity contribution < 1.29 is 31.6 Å². The van der Waals surface area contributed by atoms with E-state index in [1.54, 1.807) is 43.5 Å². The molecule has 0 bridgehead atoms. The largest absolute Gasteiger partial charge is 0.497 e. The Morgan fingerprint density at radius 3 is 2.20 bits per heavy atom. The summed E-state index contributed by atoms with van der Waals surface area (Å²) in [6, 6.07) is 15.8. The number of sulfonamides is 1. The fraction of sp³-hybridized carbons (Fsp3) is 0.160. The van der Waals surface area contributed by atoms with Crippen LogP contribution < -0.4 is 14.5 Å². The van der Waals surface area contributed by atoms with Crippen LogP contribution in [0.1, 0.15) is 10.4 Å².